The summed E-state index contributed by atoms with van der Waals surface area (Å²) in [6.07, 6.45) is 3.02. The summed E-state index contributed by atoms with van der Waals surface area (Å²) in [5.74, 6) is 0. The van der Waals surface area contributed by atoms with Crippen LogP contribution < -0.4 is 5.32 Å². The van der Waals surface area contributed by atoms with E-state index in [1.165, 1.54) is 11.6 Å². The van der Waals surface area contributed by atoms with Crippen molar-refractivity contribution in [2.24, 2.45) is 0 Å². The van der Waals surface area contributed by atoms with Gasteiger partial charge in [-0.1, -0.05) is 17.7 Å². The zero-order chi connectivity index (χ0) is 8.81. The van der Waals surface area contributed by atoms with E-state index >= 15 is 0 Å². The highest BCUT2D eigenvalue weighted by Crippen LogP contribution is 2.07. The molecule has 1 N–H and O–H groups in total. The molecule has 0 heterocycles. The number of anilines is 1. The number of nitrogens with zero attached hydrogens (tertiary/aromatic N) is 1. The monoisotopic (exact) mass is 158 g/mol. The Morgan fingerprint density at radius 1 is 1.33 bits per heavy atom. The van der Waals surface area contributed by atoms with Gasteiger partial charge >= 0.3 is 0 Å². The quantitative estimate of drug-likeness (QED) is 0.671. The highest BCUT2D eigenvalue weighted by atomic mass is 14.8. The molecule has 1 aromatic carbocycles. The number of nitriles is 1. The molecule has 0 unspecified atom stereocenters. The van der Waals surface area contributed by atoms with Crippen LogP contribution in [0.5, 0.6) is 0 Å². The molecule has 0 aliphatic heterocycles. The number of benzene rings is 1. The third kappa shape index (κ3) is 2.47. The number of nitrogens with one attached hydrogen (secondary N) is 1. The standard InChI is InChI=1S/C10H10N2/c1-9-3-5-10(6-4-9)12-8-2-7-11/h2-6,8,12H,1H3/b8-2+. The normalized spacial score (nSPS) is 9.67. The Morgan fingerprint density at radius 2 is 2.00 bits per heavy atom. The van der Waals surface area contributed by atoms with Crippen molar-refractivity contribution in [3.8, 4) is 6.07 Å². The molecule has 1 aromatic rings. The average Bonchev–Trinajstić information content (AvgIpc) is 2.09. The van der Waals surface area contributed by atoms with Crippen LogP contribution in [0.15, 0.2) is 36.5 Å². The van der Waals surface area contributed by atoms with E-state index in [4.69, 9.17) is 5.26 Å². The van der Waals surface area contributed by atoms with Crippen LogP contribution in [-0.2, 0) is 0 Å². The first-order valence-corrected chi connectivity index (χ1v) is 3.71. The lowest BCUT2D eigenvalue weighted by atomic mass is 10.2. The van der Waals surface area contributed by atoms with Crippen molar-refractivity contribution in [2.75, 3.05) is 5.32 Å². The van der Waals surface area contributed by atoms with Crippen LogP contribution in [-0.4, -0.2) is 0 Å². The van der Waals surface area contributed by atoms with Gasteiger partial charge < -0.3 is 5.32 Å². The van der Waals surface area contributed by atoms with E-state index in [1.54, 1.807) is 6.20 Å². The summed E-state index contributed by atoms with van der Waals surface area (Å²) < 4.78 is 0. The molecule has 0 bridgehead atoms. The van der Waals surface area contributed by atoms with Crippen LogP contribution in [0.1, 0.15) is 5.56 Å². The van der Waals surface area contributed by atoms with E-state index in [0.717, 1.165) is 5.69 Å². The van der Waals surface area contributed by atoms with Crippen molar-refractivity contribution in [1.82, 2.24) is 0 Å². The number of hydrogen-bond acceptors (Lipinski definition) is 2. The molecule has 60 valence electrons. The zero-order valence-corrected chi connectivity index (χ0v) is 6.91. The Kier molecular flexibility index (Phi) is 2.92. The molecule has 2 nitrogen and oxygen atoms in total. The van der Waals surface area contributed by atoms with Crippen LogP contribution >= 0.6 is 0 Å². The van der Waals surface area contributed by atoms with E-state index in [1.807, 2.05) is 37.3 Å². The molecule has 0 aliphatic carbocycles. The van der Waals surface area contributed by atoms with Gasteiger partial charge in [0.2, 0.25) is 0 Å². The molecule has 0 atom stereocenters. The molecule has 0 amide bonds. The second kappa shape index (κ2) is 4.20. The van der Waals surface area contributed by atoms with Gasteiger partial charge in [-0.15, -0.1) is 0 Å². The summed E-state index contributed by atoms with van der Waals surface area (Å²) in [6, 6.07) is 9.88. The summed E-state index contributed by atoms with van der Waals surface area (Å²) in [6.45, 7) is 2.04. The van der Waals surface area contributed by atoms with Gasteiger partial charge in [-0.2, -0.15) is 5.26 Å². The second-order valence-electron chi connectivity index (χ2n) is 2.47. The summed E-state index contributed by atoms with van der Waals surface area (Å²) >= 11 is 0. The molecule has 0 fully saturated rings. The summed E-state index contributed by atoms with van der Waals surface area (Å²) in [5.41, 5.74) is 2.22. The van der Waals surface area contributed by atoms with E-state index in [-0.39, 0.29) is 0 Å². The maximum absolute atomic E-state index is 8.21. The number of hydrogen-bond donors (Lipinski definition) is 1. The first-order chi connectivity index (χ1) is 5.83. The average molecular weight is 158 g/mol. The third-order valence-corrected chi connectivity index (χ3v) is 1.46. The summed E-state index contributed by atoms with van der Waals surface area (Å²) in [4.78, 5) is 0. The van der Waals surface area contributed by atoms with Crippen molar-refractivity contribution in [3.05, 3.63) is 42.1 Å². The molecular formula is C10H10N2. The van der Waals surface area contributed by atoms with E-state index in [9.17, 15) is 0 Å². The van der Waals surface area contributed by atoms with Gasteiger partial charge in [-0.3, -0.25) is 0 Å². The third-order valence-electron chi connectivity index (χ3n) is 1.46. The molecule has 1 rings (SSSR count). The Labute approximate surface area is 72.1 Å². The van der Waals surface area contributed by atoms with Gasteiger partial charge in [-0.05, 0) is 19.1 Å². The molecule has 0 radical (unpaired) electrons. The lowest BCUT2D eigenvalue weighted by Gasteiger charge is -1.98. The highest BCUT2D eigenvalue weighted by Gasteiger charge is 1.85. The Bertz CT molecular complexity index is 304. The van der Waals surface area contributed by atoms with Crippen LogP contribution in [0, 0.1) is 18.3 Å². The molecule has 0 aromatic heterocycles. The maximum Gasteiger partial charge on any atom is 0.0927 e. The van der Waals surface area contributed by atoms with Gasteiger partial charge in [0.15, 0.2) is 0 Å². The predicted molar refractivity (Wildman–Crippen MR) is 49.6 cm³/mol. The molecule has 12 heavy (non-hydrogen) atoms. The van der Waals surface area contributed by atoms with Crippen LogP contribution in [0.4, 0.5) is 5.69 Å². The SMILES string of the molecule is Cc1ccc(N/C=C/C#N)cc1. The first-order valence-electron chi connectivity index (χ1n) is 3.71. The highest BCUT2D eigenvalue weighted by molar-refractivity contribution is 5.46. The molecular weight excluding hydrogens is 148 g/mol. The number of aryl methyl sites for hydroxylation is 1. The van der Waals surface area contributed by atoms with Crippen molar-refractivity contribution in [2.45, 2.75) is 6.92 Å². The Morgan fingerprint density at radius 3 is 2.58 bits per heavy atom. The van der Waals surface area contributed by atoms with Gasteiger partial charge in [0.1, 0.15) is 0 Å². The summed E-state index contributed by atoms with van der Waals surface area (Å²) in [7, 11) is 0. The minimum absolute atomic E-state index is 0.993. The van der Waals surface area contributed by atoms with Crippen molar-refractivity contribution in [1.29, 1.82) is 5.26 Å². The molecule has 0 spiro atoms. The molecule has 0 saturated heterocycles. The Hall–Kier alpha value is -1.75. The van der Waals surface area contributed by atoms with Crippen molar-refractivity contribution < 1.29 is 0 Å². The largest absolute Gasteiger partial charge is 0.361 e. The summed E-state index contributed by atoms with van der Waals surface area (Å²) in [5, 5.41) is 11.2. The topological polar surface area (TPSA) is 35.8 Å². The number of allylic oxidation sites excluding steroid dienone is 1. The van der Waals surface area contributed by atoms with Crippen LogP contribution in [0.2, 0.25) is 0 Å². The number of rotatable bonds is 2. The van der Waals surface area contributed by atoms with Crippen molar-refractivity contribution in [3.63, 3.8) is 0 Å². The molecule has 0 aliphatic rings. The Balaban J connectivity index is 2.60. The lowest BCUT2D eigenvalue weighted by Crippen LogP contribution is -1.85. The molecule has 2 heteroatoms. The van der Waals surface area contributed by atoms with Gasteiger partial charge in [0, 0.05) is 18.0 Å². The van der Waals surface area contributed by atoms with Gasteiger partial charge in [-0.25, -0.2) is 0 Å². The second-order valence-corrected chi connectivity index (χ2v) is 2.47. The van der Waals surface area contributed by atoms with E-state index in [0.29, 0.717) is 0 Å². The fraction of sp³-hybridized carbons (Fsp3) is 0.100. The minimum atomic E-state index is 0.993. The lowest BCUT2D eigenvalue weighted by molar-refractivity contribution is 1.46. The first kappa shape index (κ1) is 8.35. The fourth-order valence-corrected chi connectivity index (χ4v) is 0.825. The zero-order valence-electron chi connectivity index (χ0n) is 6.91. The minimum Gasteiger partial charge on any atom is -0.361 e. The smallest absolute Gasteiger partial charge is 0.0927 e. The van der Waals surface area contributed by atoms with Gasteiger partial charge in [0.05, 0.1) is 6.07 Å². The molecule has 0 saturated carbocycles. The van der Waals surface area contributed by atoms with Gasteiger partial charge in [0.25, 0.3) is 0 Å². The van der Waals surface area contributed by atoms with E-state index in [2.05, 4.69) is 5.32 Å². The van der Waals surface area contributed by atoms with Crippen molar-refractivity contribution >= 4 is 5.69 Å². The van der Waals surface area contributed by atoms with Crippen LogP contribution in [0.25, 0.3) is 0 Å². The maximum atomic E-state index is 8.21. The van der Waals surface area contributed by atoms with E-state index < -0.39 is 0 Å². The van der Waals surface area contributed by atoms with Crippen LogP contribution in [0.3, 0.4) is 0 Å². The predicted octanol–water partition coefficient (Wildman–Crippen LogP) is 2.44. The fourth-order valence-electron chi connectivity index (χ4n) is 0.825.